The van der Waals surface area contributed by atoms with Crippen LogP contribution < -0.4 is 9.64 Å². The fourth-order valence-corrected chi connectivity index (χ4v) is 5.57. The lowest BCUT2D eigenvalue weighted by molar-refractivity contribution is 0.233. The Labute approximate surface area is 218 Å². The number of fused-ring (bicyclic) bond motifs is 1. The van der Waals surface area contributed by atoms with Crippen molar-refractivity contribution in [3.63, 3.8) is 0 Å². The summed E-state index contributed by atoms with van der Waals surface area (Å²) in [6.45, 7) is 6.77. The first-order chi connectivity index (χ1) is 17.6. The van der Waals surface area contributed by atoms with Gasteiger partial charge in [-0.3, -0.25) is 0 Å². The molecule has 0 fully saturated rings. The minimum absolute atomic E-state index is 0.0991. The summed E-state index contributed by atoms with van der Waals surface area (Å²) in [5.74, 6) is 0.715. The van der Waals surface area contributed by atoms with Gasteiger partial charge in [0.15, 0.2) is 0 Å². The lowest BCUT2D eigenvalue weighted by Crippen LogP contribution is -2.21. The van der Waals surface area contributed by atoms with Crippen LogP contribution in [0.4, 0.5) is 16.5 Å². The Bertz CT molecular complexity index is 1350. The molecule has 2 aromatic carbocycles. The van der Waals surface area contributed by atoms with Crippen LogP contribution in [0.15, 0.2) is 64.8 Å². The van der Waals surface area contributed by atoms with Crippen LogP contribution in [-0.2, 0) is 0 Å². The maximum Gasteiger partial charge on any atom is 0.231 e. The van der Waals surface area contributed by atoms with Crippen LogP contribution in [0.2, 0.25) is 0 Å². The molecule has 0 bridgehead atoms. The van der Waals surface area contributed by atoms with E-state index in [0.717, 1.165) is 38.7 Å². The largest absolute Gasteiger partial charge is 0.494 e. The molecule has 0 atom stereocenters. The Morgan fingerprint density at radius 2 is 1.83 bits per heavy atom. The molecule has 2 aromatic heterocycles. The van der Waals surface area contributed by atoms with Gasteiger partial charge < -0.3 is 14.7 Å². The normalized spacial score (nSPS) is 11.8. The van der Waals surface area contributed by atoms with E-state index in [-0.39, 0.29) is 6.61 Å². The van der Waals surface area contributed by atoms with Crippen LogP contribution in [0, 0.1) is 11.3 Å². The van der Waals surface area contributed by atoms with E-state index in [1.54, 1.807) is 0 Å². The third-order valence-corrected chi connectivity index (χ3v) is 7.46. The van der Waals surface area contributed by atoms with E-state index >= 15 is 0 Å². The molecule has 0 unspecified atom stereocenters. The number of aliphatic hydroxyl groups is 1. The molecule has 0 saturated heterocycles. The van der Waals surface area contributed by atoms with Crippen molar-refractivity contribution in [3.8, 4) is 11.8 Å². The quantitative estimate of drug-likeness (QED) is 0.127. The molecule has 7 nitrogen and oxygen atoms in total. The molecule has 4 rings (SSSR count). The van der Waals surface area contributed by atoms with E-state index in [0.29, 0.717) is 29.5 Å². The number of benzene rings is 2. The topological polar surface area (TPSA) is 94.1 Å². The zero-order valence-electron chi connectivity index (χ0n) is 20.2. The molecule has 4 aromatic rings. The summed E-state index contributed by atoms with van der Waals surface area (Å²) in [6, 6.07) is 19.8. The van der Waals surface area contributed by atoms with E-state index in [1.807, 2.05) is 48.5 Å². The summed E-state index contributed by atoms with van der Waals surface area (Å²) in [6.07, 6.45) is 2.46. The van der Waals surface area contributed by atoms with E-state index in [2.05, 4.69) is 52.2 Å². The summed E-state index contributed by atoms with van der Waals surface area (Å²) in [5.41, 5.74) is 3.35. The van der Waals surface area contributed by atoms with Crippen LogP contribution in [0.25, 0.3) is 21.2 Å². The van der Waals surface area contributed by atoms with Gasteiger partial charge in [0.05, 0.1) is 28.6 Å². The molecule has 1 N–H and O–H groups in total. The third-order valence-electron chi connectivity index (χ3n) is 5.47. The summed E-state index contributed by atoms with van der Waals surface area (Å²) in [4.78, 5) is 8.71. The van der Waals surface area contributed by atoms with Crippen molar-refractivity contribution in [2.75, 3.05) is 31.2 Å². The van der Waals surface area contributed by atoms with Crippen LogP contribution in [-0.4, -0.2) is 36.4 Å². The first-order valence-corrected chi connectivity index (χ1v) is 13.4. The summed E-state index contributed by atoms with van der Waals surface area (Å²) >= 11 is 3.00. The number of anilines is 1. The fourth-order valence-electron chi connectivity index (χ4n) is 3.58. The number of thiazole rings is 1. The monoisotopic (exact) mass is 517 g/mol. The maximum atomic E-state index is 9.69. The SMILES string of the molecule is CCN(CC)c1ccc(/N=N/c2nc3sc(/C=C(\C#N)c4ccc(OCCCO)cc4)cc3s2)cc1. The van der Waals surface area contributed by atoms with Gasteiger partial charge in [-0.25, -0.2) is 4.98 Å². The number of azo groups is 1. The minimum atomic E-state index is 0.0991. The highest BCUT2D eigenvalue weighted by atomic mass is 32.1. The maximum absolute atomic E-state index is 9.69. The Morgan fingerprint density at radius 1 is 1.08 bits per heavy atom. The van der Waals surface area contributed by atoms with Crippen molar-refractivity contribution >= 4 is 60.4 Å². The number of aromatic nitrogens is 1. The van der Waals surface area contributed by atoms with Gasteiger partial charge in [0.25, 0.3) is 0 Å². The molecular weight excluding hydrogens is 490 g/mol. The molecule has 0 aliphatic rings. The van der Waals surface area contributed by atoms with Gasteiger partial charge in [-0.2, -0.15) is 5.26 Å². The van der Waals surface area contributed by atoms with Gasteiger partial charge in [-0.15, -0.1) is 21.6 Å². The number of hydrogen-bond donors (Lipinski definition) is 1. The van der Waals surface area contributed by atoms with Crippen LogP contribution in [0.5, 0.6) is 5.75 Å². The number of hydrogen-bond acceptors (Lipinski definition) is 9. The lowest BCUT2D eigenvalue weighted by atomic mass is 10.1. The van der Waals surface area contributed by atoms with Gasteiger partial charge in [0.1, 0.15) is 10.6 Å². The predicted octanol–water partition coefficient (Wildman–Crippen LogP) is 7.44. The molecule has 0 aliphatic carbocycles. The first-order valence-electron chi connectivity index (χ1n) is 11.8. The third kappa shape index (κ3) is 6.34. The number of ether oxygens (including phenoxy) is 1. The summed E-state index contributed by atoms with van der Waals surface area (Å²) < 4.78 is 6.58. The van der Waals surface area contributed by atoms with Crippen molar-refractivity contribution in [1.29, 1.82) is 5.26 Å². The Morgan fingerprint density at radius 3 is 2.47 bits per heavy atom. The molecule has 184 valence electrons. The second-order valence-corrected chi connectivity index (χ2v) is 9.89. The highest BCUT2D eigenvalue weighted by Crippen LogP contribution is 2.36. The second kappa shape index (κ2) is 12.4. The lowest BCUT2D eigenvalue weighted by Gasteiger charge is -2.20. The van der Waals surface area contributed by atoms with Gasteiger partial charge in [-0.1, -0.05) is 11.3 Å². The summed E-state index contributed by atoms with van der Waals surface area (Å²) in [7, 11) is 0. The number of nitrogens with zero attached hydrogens (tertiary/aromatic N) is 5. The minimum Gasteiger partial charge on any atom is -0.494 e. The zero-order chi connectivity index (χ0) is 25.3. The molecule has 0 aliphatic heterocycles. The van der Waals surface area contributed by atoms with Crippen molar-refractivity contribution < 1.29 is 9.84 Å². The highest BCUT2D eigenvalue weighted by Gasteiger charge is 2.10. The number of nitriles is 1. The zero-order valence-corrected chi connectivity index (χ0v) is 21.9. The predicted molar refractivity (Wildman–Crippen MR) is 149 cm³/mol. The number of aliphatic hydroxyl groups excluding tert-OH is 1. The van der Waals surface area contributed by atoms with Gasteiger partial charge in [-0.05, 0) is 80.1 Å². The van der Waals surface area contributed by atoms with Crippen LogP contribution in [0.1, 0.15) is 30.7 Å². The van der Waals surface area contributed by atoms with Crippen molar-refractivity contribution in [1.82, 2.24) is 4.98 Å². The fraction of sp³-hybridized carbons (Fsp3) is 0.259. The van der Waals surface area contributed by atoms with Gasteiger partial charge in [0.2, 0.25) is 5.13 Å². The van der Waals surface area contributed by atoms with E-state index in [1.165, 1.54) is 28.4 Å². The van der Waals surface area contributed by atoms with E-state index in [4.69, 9.17) is 9.84 Å². The molecule has 0 amide bonds. The molecule has 0 spiro atoms. The second-order valence-electron chi connectivity index (χ2n) is 7.82. The van der Waals surface area contributed by atoms with E-state index in [9.17, 15) is 5.26 Å². The van der Waals surface area contributed by atoms with Gasteiger partial charge in [0, 0.05) is 36.7 Å². The number of rotatable bonds is 11. The average molecular weight is 518 g/mol. The van der Waals surface area contributed by atoms with Crippen LogP contribution in [0.3, 0.4) is 0 Å². The smallest absolute Gasteiger partial charge is 0.231 e. The Balaban J connectivity index is 1.44. The highest BCUT2D eigenvalue weighted by molar-refractivity contribution is 7.29. The number of thiophene rings is 1. The molecule has 9 heteroatoms. The molecular formula is C27H27N5O2S2. The van der Waals surface area contributed by atoms with E-state index < -0.39 is 0 Å². The van der Waals surface area contributed by atoms with Crippen molar-refractivity contribution in [2.24, 2.45) is 10.2 Å². The molecule has 0 saturated carbocycles. The molecule has 2 heterocycles. The van der Waals surface area contributed by atoms with Crippen molar-refractivity contribution in [3.05, 3.63) is 65.0 Å². The number of allylic oxidation sites excluding steroid dienone is 1. The average Bonchev–Trinajstić information content (AvgIpc) is 3.46. The Hall–Kier alpha value is -3.58. The molecule has 0 radical (unpaired) electrons. The van der Waals surface area contributed by atoms with Crippen LogP contribution >= 0.6 is 22.7 Å². The Kier molecular flexibility index (Phi) is 8.79. The molecule has 36 heavy (non-hydrogen) atoms. The standard InChI is InChI=1S/C27H27N5O2S2/c1-3-32(4-2)22-10-8-21(9-11-22)30-31-27-29-26-25(36-27)17-24(35-26)16-20(18-28)19-6-12-23(13-7-19)34-15-5-14-33/h6-13,16-17,33H,3-5,14-15H2,1-2H3/b20-16+,31-30+. The summed E-state index contributed by atoms with van der Waals surface area (Å²) in [5, 5.41) is 27.8. The first kappa shape index (κ1) is 25.5. The van der Waals surface area contributed by atoms with Gasteiger partial charge >= 0.3 is 0 Å². The van der Waals surface area contributed by atoms with Crippen molar-refractivity contribution in [2.45, 2.75) is 20.3 Å².